The van der Waals surface area contributed by atoms with Crippen LogP contribution in [0.3, 0.4) is 0 Å². The number of nitrogens with one attached hydrogen (secondary N) is 3. The van der Waals surface area contributed by atoms with Crippen LogP contribution in [-0.2, 0) is 16.6 Å². The van der Waals surface area contributed by atoms with Crippen LogP contribution in [0.15, 0.2) is 11.2 Å². The van der Waals surface area contributed by atoms with Gasteiger partial charge in [-0.2, -0.15) is 16.9 Å². The van der Waals surface area contributed by atoms with E-state index in [9.17, 15) is 8.42 Å². The van der Waals surface area contributed by atoms with E-state index in [2.05, 4.69) is 20.2 Å². The van der Waals surface area contributed by atoms with Crippen molar-refractivity contribution >= 4 is 21.8 Å². The minimum atomic E-state index is -3.49. The number of H-pyrrole nitrogens is 1. The highest BCUT2D eigenvalue weighted by Crippen LogP contribution is 2.19. The molecule has 6 nitrogen and oxygen atoms in total. The molecule has 1 aliphatic heterocycles. The Morgan fingerprint density at radius 3 is 2.89 bits per heavy atom. The number of aromatic amines is 1. The summed E-state index contributed by atoms with van der Waals surface area (Å²) >= 11 is 1.87. The maximum Gasteiger partial charge on any atom is 0.258 e. The molecule has 0 saturated carbocycles. The summed E-state index contributed by atoms with van der Waals surface area (Å²) in [5.74, 6) is 2.03. The van der Waals surface area contributed by atoms with Crippen molar-refractivity contribution < 1.29 is 8.42 Å². The normalized spacial score (nSPS) is 18.1. The van der Waals surface area contributed by atoms with Crippen molar-refractivity contribution in [3.05, 3.63) is 11.8 Å². The van der Waals surface area contributed by atoms with Gasteiger partial charge in [0.15, 0.2) is 5.03 Å². The van der Waals surface area contributed by atoms with E-state index in [1.807, 2.05) is 11.8 Å². The molecule has 0 bridgehead atoms. The van der Waals surface area contributed by atoms with Gasteiger partial charge >= 0.3 is 0 Å². The average molecular weight is 290 g/mol. The maximum atomic E-state index is 12.2. The number of aromatic nitrogens is 2. The Morgan fingerprint density at radius 1 is 1.50 bits per heavy atom. The number of nitrogens with zero attached hydrogens (tertiary/aromatic N) is 1. The fraction of sp³-hybridized carbons (Fsp3) is 0.700. The van der Waals surface area contributed by atoms with E-state index in [1.165, 1.54) is 0 Å². The van der Waals surface area contributed by atoms with Crippen LogP contribution >= 0.6 is 11.8 Å². The minimum Gasteiger partial charge on any atom is -0.316 e. The summed E-state index contributed by atoms with van der Waals surface area (Å²) in [5.41, 5.74) is 0.662. The number of hydrogen-bond acceptors (Lipinski definition) is 5. The van der Waals surface area contributed by atoms with Gasteiger partial charge in [0.2, 0.25) is 0 Å². The van der Waals surface area contributed by atoms with Gasteiger partial charge in [0.05, 0.1) is 6.20 Å². The lowest BCUT2D eigenvalue weighted by Gasteiger charge is -2.22. The Balaban J connectivity index is 2.11. The molecule has 0 amide bonds. The van der Waals surface area contributed by atoms with Gasteiger partial charge < -0.3 is 5.32 Å². The average Bonchev–Trinajstić information content (AvgIpc) is 2.79. The van der Waals surface area contributed by atoms with E-state index in [0.29, 0.717) is 12.1 Å². The molecule has 0 radical (unpaired) electrons. The molecule has 0 aromatic carbocycles. The van der Waals surface area contributed by atoms with E-state index in [4.69, 9.17) is 0 Å². The van der Waals surface area contributed by atoms with Gasteiger partial charge in [0, 0.05) is 18.2 Å². The van der Waals surface area contributed by atoms with Crippen molar-refractivity contribution in [3.63, 3.8) is 0 Å². The summed E-state index contributed by atoms with van der Waals surface area (Å²) in [6, 6.07) is 0.0435. The Hall–Kier alpha value is -0.570. The predicted octanol–water partition coefficient (Wildman–Crippen LogP) is 0.303. The lowest BCUT2D eigenvalue weighted by atomic mass is 10.2. The van der Waals surface area contributed by atoms with Gasteiger partial charge in [-0.3, -0.25) is 5.10 Å². The van der Waals surface area contributed by atoms with Crippen LogP contribution in [0.2, 0.25) is 0 Å². The molecule has 0 atom stereocenters. The molecule has 3 N–H and O–H groups in total. The second-order valence-electron chi connectivity index (χ2n) is 4.26. The Bertz CT molecular complexity index is 480. The molecule has 1 aromatic rings. The molecule has 18 heavy (non-hydrogen) atoms. The van der Waals surface area contributed by atoms with Crippen molar-refractivity contribution in [3.8, 4) is 0 Å². The first kappa shape index (κ1) is 13.9. The van der Waals surface area contributed by atoms with Crippen LogP contribution in [0.4, 0.5) is 0 Å². The van der Waals surface area contributed by atoms with Gasteiger partial charge in [-0.15, -0.1) is 0 Å². The number of thioether (sulfide) groups is 1. The molecular formula is C10H18N4O2S2. The first-order chi connectivity index (χ1) is 8.63. The van der Waals surface area contributed by atoms with E-state index >= 15 is 0 Å². The van der Waals surface area contributed by atoms with Crippen LogP contribution < -0.4 is 10.0 Å². The van der Waals surface area contributed by atoms with Crippen molar-refractivity contribution in [2.24, 2.45) is 0 Å². The van der Waals surface area contributed by atoms with Gasteiger partial charge in [-0.25, -0.2) is 13.1 Å². The van der Waals surface area contributed by atoms with Gasteiger partial charge in [0.25, 0.3) is 10.0 Å². The second kappa shape index (κ2) is 6.05. The third-order valence-electron chi connectivity index (χ3n) is 2.86. The molecule has 1 aliphatic rings. The Kier molecular flexibility index (Phi) is 4.66. The van der Waals surface area contributed by atoms with Crippen molar-refractivity contribution in [1.82, 2.24) is 20.2 Å². The highest BCUT2D eigenvalue weighted by Gasteiger charge is 2.25. The lowest BCUT2D eigenvalue weighted by Crippen LogP contribution is -2.37. The van der Waals surface area contributed by atoms with Crippen LogP contribution in [0.1, 0.15) is 18.4 Å². The minimum absolute atomic E-state index is 0.0435. The van der Waals surface area contributed by atoms with E-state index < -0.39 is 10.0 Å². The topological polar surface area (TPSA) is 86.9 Å². The molecule has 2 heterocycles. The lowest BCUT2D eigenvalue weighted by molar-refractivity contribution is 0.525. The van der Waals surface area contributed by atoms with Gasteiger partial charge in [-0.05, 0) is 31.4 Å². The fourth-order valence-corrected chi connectivity index (χ4v) is 4.48. The highest BCUT2D eigenvalue weighted by atomic mass is 32.2. The first-order valence-corrected chi connectivity index (χ1v) is 8.54. The molecule has 2 rings (SSSR count). The second-order valence-corrected chi connectivity index (χ2v) is 7.14. The molecular weight excluding hydrogens is 272 g/mol. The van der Waals surface area contributed by atoms with E-state index in [-0.39, 0.29) is 11.1 Å². The molecule has 0 unspecified atom stereocenters. The quantitative estimate of drug-likeness (QED) is 0.726. The highest BCUT2D eigenvalue weighted by molar-refractivity contribution is 7.99. The third kappa shape index (κ3) is 3.25. The van der Waals surface area contributed by atoms with Gasteiger partial charge in [0.1, 0.15) is 0 Å². The predicted molar refractivity (Wildman–Crippen MR) is 72.0 cm³/mol. The zero-order chi connectivity index (χ0) is 13.0. The van der Waals surface area contributed by atoms with Crippen LogP contribution in [-0.4, -0.2) is 43.2 Å². The smallest absolute Gasteiger partial charge is 0.258 e. The summed E-state index contributed by atoms with van der Waals surface area (Å²) in [5, 5.41) is 9.49. The van der Waals surface area contributed by atoms with Crippen molar-refractivity contribution in [1.29, 1.82) is 0 Å². The SMILES string of the molecule is CNCc1cn[nH]c1S(=O)(=O)NC1CCSCC1. The van der Waals surface area contributed by atoms with E-state index in [1.54, 1.807) is 13.2 Å². The number of rotatable bonds is 5. The molecule has 1 aromatic heterocycles. The molecule has 0 spiro atoms. The zero-order valence-corrected chi connectivity index (χ0v) is 11.9. The van der Waals surface area contributed by atoms with Gasteiger partial charge in [-0.1, -0.05) is 0 Å². The Morgan fingerprint density at radius 2 is 2.22 bits per heavy atom. The Labute approximate surface area is 111 Å². The first-order valence-electron chi connectivity index (χ1n) is 5.90. The van der Waals surface area contributed by atoms with Crippen LogP contribution in [0.25, 0.3) is 0 Å². The fourth-order valence-electron chi connectivity index (χ4n) is 1.94. The van der Waals surface area contributed by atoms with Crippen LogP contribution in [0.5, 0.6) is 0 Å². The van der Waals surface area contributed by atoms with Crippen LogP contribution in [0, 0.1) is 0 Å². The summed E-state index contributed by atoms with van der Waals surface area (Å²) in [7, 11) is -1.71. The summed E-state index contributed by atoms with van der Waals surface area (Å²) in [6.07, 6.45) is 3.32. The summed E-state index contributed by atoms with van der Waals surface area (Å²) in [6.45, 7) is 0.479. The monoisotopic (exact) mass is 290 g/mol. The van der Waals surface area contributed by atoms with Crippen molar-refractivity contribution in [2.75, 3.05) is 18.6 Å². The maximum absolute atomic E-state index is 12.2. The standard InChI is InChI=1S/C10H18N4O2S2/c1-11-6-8-7-12-13-10(8)18(15,16)14-9-2-4-17-5-3-9/h7,9,11,14H,2-6H2,1H3,(H,12,13). The molecule has 1 saturated heterocycles. The van der Waals surface area contributed by atoms with E-state index in [0.717, 1.165) is 24.3 Å². The third-order valence-corrected chi connectivity index (χ3v) is 5.44. The molecule has 8 heteroatoms. The number of hydrogen-bond donors (Lipinski definition) is 3. The molecule has 102 valence electrons. The molecule has 0 aliphatic carbocycles. The summed E-state index contributed by atoms with van der Waals surface area (Å²) < 4.78 is 27.2. The summed E-state index contributed by atoms with van der Waals surface area (Å²) in [4.78, 5) is 0. The zero-order valence-electron chi connectivity index (χ0n) is 10.3. The largest absolute Gasteiger partial charge is 0.316 e. The van der Waals surface area contributed by atoms with Crippen molar-refractivity contribution in [2.45, 2.75) is 30.5 Å². The number of sulfonamides is 1. The molecule has 1 fully saturated rings.